The van der Waals surface area contributed by atoms with E-state index in [9.17, 15) is 4.79 Å². The van der Waals surface area contributed by atoms with Crippen molar-refractivity contribution in [3.05, 3.63) is 0 Å². The fourth-order valence-electron chi connectivity index (χ4n) is 0.975. The molecule has 0 aromatic rings. The van der Waals surface area contributed by atoms with Gasteiger partial charge in [0.05, 0.1) is 6.10 Å². The van der Waals surface area contributed by atoms with E-state index in [1.807, 2.05) is 32.8 Å². The number of methoxy groups -OCH3 is 1. The Hall–Kier alpha value is -0.610. The van der Waals surface area contributed by atoms with Gasteiger partial charge in [-0.25, -0.2) is 0 Å². The van der Waals surface area contributed by atoms with E-state index in [4.69, 9.17) is 9.84 Å². The number of aliphatic carboxylic acids is 1. The van der Waals surface area contributed by atoms with Crippen molar-refractivity contribution in [1.82, 2.24) is 4.90 Å². The minimum atomic E-state index is -0.768. The van der Waals surface area contributed by atoms with Crippen LogP contribution in [0, 0.1) is 0 Å². The number of carbonyl (C=O) groups is 1. The largest absolute Gasteiger partial charge is 0.481 e. The topological polar surface area (TPSA) is 49.8 Å². The van der Waals surface area contributed by atoms with Crippen LogP contribution in [0.15, 0.2) is 0 Å². The maximum absolute atomic E-state index is 10.2. The summed E-state index contributed by atoms with van der Waals surface area (Å²) in [5.41, 5.74) is 0. The normalized spacial score (nSPS) is 11.9. The third kappa shape index (κ3) is 11.4. The summed E-state index contributed by atoms with van der Waals surface area (Å²) in [6, 6.07) is 0. The van der Waals surface area contributed by atoms with Gasteiger partial charge in [0.1, 0.15) is 0 Å². The Labute approximate surface area is 86.9 Å². The average molecular weight is 205 g/mol. The molecule has 1 atom stereocenters. The highest BCUT2D eigenvalue weighted by molar-refractivity contribution is 5.66. The number of rotatable bonds is 6. The Morgan fingerprint density at radius 2 is 1.93 bits per heavy atom. The predicted octanol–water partition coefficient (Wildman–Crippen LogP) is 1.45. The van der Waals surface area contributed by atoms with Gasteiger partial charge in [-0.1, -0.05) is 13.8 Å². The smallest absolute Gasteiger partial charge is 0.303 e. The van der Waals surface area contributed by atoms with Gasteiger partial charge in [-0.05, 0) is 20.5 Å². The molecule has 86 valence electrons. The van der Waals surface area contributed by atoms with Gasteiger partial charge >= 0.3 is 5.97 Å². The molecule has 0 aliphatic carbocycles. The fourth-order valence-corrected chi connectivity index (χ4v) is 0.975. The second kappa shape index (κ2) is 10.5. The lowest BCUT2D eigenvalue weighted by atomic mass is 10.2. The molecule has 0 saturated heterocycles. The van der Waals surface area contributed by atoms with Crippen LogP contribution in [0.3, 0.4) is 0 Å². The third-order valence-electron chi connectivity index (χ3n) is 1.58. The summed E-state index contributed by atoms with van der Waals surface area (Å²) >= 11 is 0. The second-order valence-corrected chi connectivity index (χ2v) is 3.05. The van der Waals surface area contributed by atoms with E-state index in [0.717, 1.165) is 6.54 Å². The number of nitrogens with zero attached hydrogens (tertiary/aromatic N) is 1. The number of carboxylic acid groups (broad SMARTS) is 1. The van der Waals surface area contributed by atoms with E-state index < -0.39 is 5.97 Å². The summed E-state index contributed by atoms with van der Waals surface area (Å²) in [7, 11) is 5.48. The Morgan fingerprint density at radius 3 is 2.21 bits per heavy atom. The van der Waals surface area contributed by atoms with Crippen molar-refractivity contribution in [2.24, 2.45) is 0 Å². The van der Waals surface area contributed by atoms with Gasteiger partial charge < -0.3 is 14.7 Å². The van der Waals surface area contributed by atoms with Crippen molar-refractivity contribution < 1.29 is 14.6 Å². The van der Waals surface area contributed by atoms with Gasteiger partial charge in [-0.15, -0.1) is 0 Å². The molecule has 0 aliphatic heterocycles. The third-order valence-corrected chi connectivity index (χ3v) is 1.58. The highest BCUT2D eigenvalue weighted by Gasteiger charge is 2.10. The van der Waals surface area contributed by atoms with Gasteiger partial charge in [0, 0.05) is 20.1 Å². The monoisotopic (exact) mass is 205 g/mol. The highest BCUT2D eigenvalue weighted by Crippen LogP contribution is 2.02. The summed E-state index contributed by atoms with van der Waals surface area (Å²) in [4.78, 5) is 12.2. The molecule has 4 nitrogen and oxygen atoms in total. The van der Waals surface area contributed by atoms with Crippen LogP contribution in [-0.4, -0.2) is 49.8 Å². The Morgan fingerprint density at radius 1 is 1.43 bits per heavy atom. The molecule has 0 bridgehead atoms. The summed E-state index contributed by atoms with van der Waals surface area (Å²) in [6.07, 6.45) is 0.771. The van der Waals surface area contributed by atoms with Crippen LogP contribution in [0.5, 0.6) is 0 Å². The lowest BCUT2D eigenvalue weighted by molar-refractivity contribution is -0.137. The lowest BCUT2D eigenvalue weighted by Gasteiger charge is -2.18. The zero-order valence-electron chi connectivity index (χ0n) is 9.91. The highest BCUT2D eigenvalue weighted by atomic mass is 16.5. The minimum absolute atomic E-state index is 0.0242. The van der Waals surface area contributed by atoms with Crippen molar-refractivity contribution in [3.63, 3.8) is 0 Å². The van der Waals surface area contributed by atoms with Gasteiger partial charge in [-0.2, -0.15) is 0 Å². The first-order chi connectivity index (χ1) is 6.56. The number of likely N-dealkylation sites (N-methyl/N-ethyl adjacent to an activating group) is 1. The van der Waals surface area contributed by atoms with E-state index in [-0.39, 0.29) is 12.5 Å². The minimum Gasteiger partial charge on any atom is -0.481 e. The van der Waals surface area contributed by atoms with Crippen LogP contribution in [0.2, 0.25) is 0 Å². The molecule has 0 heterocycles. The van der Waals surface area contributed by atoms with Crippen LogP contribution < -0.4 is 0 Å². The van der Waals surface area contributed by atoms with Crippen molar-refractivity contribution >= 4 is 5.97 Å². The SMILES string of the molecule is CC.COC(CCC(=O)O)CN(C)C. The lowest BCUT2D eigenvalue weighted by Crippen LogP contribution is -2.28. The molecule has 0 aromatic carbocycles. The standard InChI is InChI=1S/C8H17NO3.C2H6/c1-9(2)6-7(12-3)4-5-8(10)11;1-2/h7H,4-6H2,1-3H3,(H,10,11);1-2H3. The molecule has 1 unspecified atom stereocenters. The summed E-state index contributed by atoms with van der Waals surface area (Å²) in [5.74, 6) is -0.768. The summed E-state index contributed by atoms with van der Waals surface area (Å²) < 4.78 is 5.11. The number of carboxylic acids is 1. The Balaban J connectivity index is 0. The molecular formula is C10H23NO3. The molecule has 4 heteroatoms. The van der Waals surface area contributed by atoms with Crippen LogP contribution in [-0.2, 0) is 9.53 Å². The van der Waals surface area contributed by atoms with E-state index in [0.29, 0.717) is 6.42 Å². The van der Waals surface area contributed by atoms with Crippen molar-refractivity contribution in [2.75, 3.05) is 27.7 Å². The van der Waals surface area contributed by atoms with Crippen molar-refractivity contribution in [1.29, 1.82) is 0 Å². The summed E-state index contributed by atoms with van der Waals surface area (Å²) in [5, 5.41) is 8.42. The molecule has 0 spiro atoms. The molecule has 0 saturated carbocycles. The van der Waals surface area contributed by atoms with E-state index >= 15 is 0 Å². The second-order valence-electron chi connectivity index (χ2n) is 3.05. The first-order valence-corrected chi connectivity index (χ1v) is 4.95. The molecular weight excluding hydrogens is 182 g/mol. The maximum atomic E-state index is 10.2. The molecule has 0 fully saturated rings. The van der Waals surface area contributed by atoms with Crippen molar-refractivity contribution in [3.8, 4) is 0 Å². The molecule has 0 aliphatic rings. The number of ether oxygens (including phenoxy) is 1. The first kappa shape index (κ1) is 15.8. The number of hydrogen-bond donors (Lipinski definition) is 1. The molecule has 14 heavy (non-hydrogen) atoms. The van der Waals surface area contributed by atoms with Crippen LogP contribution in [0.25, 0.3) is 0 Å². The van der Waals surface area contributed by atoms with Gasteiger partial charge in [-0.3, -0.25) is 4.79 Å². The molecule has 0 amide bonds. The van der Waals surface area contributed by atoms with E-state index in [1.165, 1.54) is 0 Å². The molecule has 0 aromatic heterocycles. The Kier molecular flexibility index (Phi) is 11.9. The van der Waals surface area contributed by atoms with Crippen LogP contribution >= 0.6 is 0 Å². The van der Waals surface area contributed by atoms with Crippen molar-refractivity contribution in [2.45, 2.75) is 32.8 Å². The zero-order chi connectivity index (χ0) is 11.6. The van der Waals surface area contributed by atoms with Crippen LogP contribution in [0.4, 0.5) is 0 Å². The molecule has 1 N–H and O–H groups in total. The maximum Gasteiger partial charge on any atom is 0.303 e. The zero-order valence-corrected chi connectivity index (χ0v) is 9.91. The van der Waals surface area contributed by atoms with Crippen LogP contribution in [0.1, 0.15) is 26.7 Å². The van der Waals surface area contributed by atoms with E-state index in [2.05, 4.69) is 0 Å². The average Bonchev–Trinajstić information content (AvgIpc) is 2.14. The van der Waals surface area contributed by atoms with Gasteiger partial charge in [0.2, 0.25) is 0 Å². The first-order valence-electron chi connectivity index (χ1n) is 4.95. The van der Waals surface area contributed by atoms with Gasteiger partial charge in [0.15, 0.2) is 0 Å². The predicted molar refractivity (Wildman–Crippen MR) is 57.6 cm³/mol. The summed E-state index contributed by atoms with van der Waals surface area (Å²) in [6.45, 7) is 4.77. The molecule has 0 rings (SSSR count). The quantitative estimate of drug-likeness (QED) is 0.713. The fraction of sp³-hybridized carbons (Fsp3) is 0.900. The Bertz CT molecular complexity index is 137. The molecule has 0 radical (unpaired) electrons. The van der Waals surface area contributed by atoms with Gasteiger partial charge in [0.25, 0.3) is 0 Å². The number of hydrogen-bond acceptors (Lipinski definition) is 3. The van der Waals surface area contributed by atoms with E-state index in [1.54, 1.807) is 7.11 Å².